The third kappa shape index (κ3) is 3.42. The largest absolute Gasteiger partial charge is 0.508 e. The number of nitrogens with one attached hydrogen (secondary N) is 1. The molecule has 0 amide bonds. The summed E-state index contributed by atoms with van der Waals surface area (Å²) in [5.74, 6) is 1.89. The van der Waals surface area contributed by atoms with E-state index in [0.717, 1.165) is 12.0 Å². The summed E-state index contributed by atoms with van der Waals surface area (Å²) >= 11 is 0. The van der Waals surface area contributed by atoms with Gasteiger partial charge in [-0.1, -0.05) is 42.5 Å². The van der Waals surface area contributed by atoms with Crippen molar-refractivity contribution < 1.29 is 5.11 Å². The van der Waals surface area contributed by atoms with Crippen LogP contribution < -0.4 is 5.32 Å². The van der Waals surface area contributed by atoms with Gasteiger partial charge in [-0.05, 0) is 67.2 Å². The van der Waals surface area contributed by atoms with E-state index >= 15 is 0 Å². The van der Waals surface area contributed by atoms with E-state index in [4.69, 9.17) is 0 Å². The van der Waals surface area contributed by atoms with Crippen LogP contribution in [0.4, 0.5) is 0 Å². The van der Waals surface area contributed by atoms with Gasteiger partial charge in [0.15, 0.2) is 0 Å². The molecule has 2 aliphatic rings. The molecule has 0 bridgehead atoms. The highest BCUT2D eigenvalue weighted by Gasteiger charge is 2.42. The quantitative estimate of drug-likeness (QED) is 0.829. The molecule has 1 saturated heterocycles. The average molecular weight is 307 g/mol. The van der Waals surface area contributed by atoms with Gasteiger partial charge in [0, 0.05) is 12.1 Å². The molecule has 1 heterocycles. The second-order valence-electron chi connectivity index (χ2n) is 7.19. The first-order valence-corrected chi connectivity index (χ1v) is 8.88. The molecule has 2 heteroatoms. The molecular formula is C21H25NO. The zero-order valence-electron chi connectivity index (χ0n) is 13.5. The predicted molar refractivity (Wildman–Crippen MR) is 93.7 cm³/mol. The molecule has 1 aliphatic carbocycles. The van der Waals surface area contributed by atoms with Crippen molar-refractivity contribution in [1.82, 2.24) is 5.32 Å². The molecule has 2 aromatic rings. The molecule has 2 nitrogen and oxygen atoms in total. The smallest absolute Gasteiger partial charge is 0.115 e. The third-order valence-corrected chi connectivity index (χ3v) is 5.67. The van der Waals surface area contributed by atoms with Gasteiger partial charge in [-0.15, -0.1) is 0 Å². The summed E-state index contributed by atoms with van der Waals surface area (Å²) in [4.78, 5) is 0. The van der Waals surface area contributed by atoms with Crippen molar-refractivity contribution in [2.24, 2.45) is 5.92 Å². The van der Waals surface area contributed by atoms with Crippen molar-refractivity contribution >= 4 is 0 Å². The first-order valence-electron chi connectivity index (χ1n) is 8.88. The molecule has 23 heavy (non-hydrogen) atoms. The second kappa shape index (κ2) is 6.37. The molecule has 1 aliphatic heterocycles. The van der Waals surface area contributed by atoms with Gasteiger partial charge in [-0.2, -0.15) is 0 Å². The predicted octanol–water partition coefficient (Wildman–Crippen LogP) is 4.25. The van der Waals surface area contributed by atoms with Gasteiger partial charge >= 0.3 is 0 Å². The van der Waals surface area contributed by atoms with Crippen LogP contribution in [0.5, 0.6) is 5.75 Å². The Kier molecular flexibility index (Phi) is 4.09. The fraction of sp³-hybridized carbons (Fsp3) is 0.429. The van der Waals surface area contributed by atoms with Crippen molar-refractivity contribution in [2.75, 3.05) is 0 Å². The summed E-state index contributed by atoms with van der Waals surface area (Å²) in [6, 6.07) is 20.1. The lowest BCUT2D eigenvalue weighted by atomic mass is 9.76. The van der Waals surface area contributed by atoms with E-state index in [2.05, 4.69) is 47.8 Å². The van der Waals surface area contributed by atoms with E-state index in [-0.39, 0.29) is 0 Å². The van der Waals surface area contributed by atoms with E-state index in [1.54, 1.807) is 0 Å². The summed E-state index contributed by atoms with van der Waals surface area (Å²) in [7, 11) is 0. The van der Waals surface area contributed by atoms with Crippen molar-refractivity contribution in [3.05, 3.63) is 65.7 Å². The monoisotopic (exact) mass is 307 g/mol. The number of benzene rings is 2. The third-order valence-electron chi connectivity index (χ3n) is 5.67. The lowest BCUT2D eigenvalue weighted by Gasteiger charge is -2.28. The van der Waals surface area contributed by atoms with Gasteiger partial charge in [0.05, 0.1) is 0 Å². The second-order valence-corrected chi connectivity index (χ2v) is 7.19. The molecule has 2 aromatic carbocycles. The Morgan fingerprint density at radius 1 is 0.870 bits per heavy atom. The van der Waals surface area contributed by atoms with E-state index in [9.17, 15) is 5.11 Å². The lowest BCUT2D eigenvalue weighted by molar-refractivity contribution is 0.317. The summed E-state index contributed by atoms with van der Waals surface area (Å²) in [5, 5.41) is 13.1. The van der Waals surface area contributed by atoms with Crippen molar-refractivity contribution in [2.45, 2.75) is 50.1 Å². The first kappa shape index (κ1) is 14.8. The maximum Gasteiger partial charge on any atom is 0.115 e. The average Bonchev–Trinajstić information content (AvgIpc) is 3.36. The van der Waals surface area contributed by atoms with Crippen LogP contribution in [-0.2, 0) is 6.42 Å². The van der Waals surface area contributed by atoms with E-state index in [1.165, 1.54) is 43.2 Å². The maximum atomic E-state index is 9.42. The summed E-state index contributed by atoms with van der Waals surface area (Å²) in [5.41, 5.74) is 2.84. The number of phenolic OH excluding ortho intramolecular Hbond substituents is 1. The van der Waals surface area contributed by atoms with E-state index in [1.807, 2.05) is 12.1 Å². The SMILES string of the molecule is Oc1ccc(C2CCC(C3N[C@H]3Cc3ccccc3)CC2)cc1. The van der Waals surface area contributed by atoms with Crippen molar-refractivity contribution in [3.63, 3.8) is 0 Å². The van der Waals surface area contributed by atoms with Gasteiger partial charge < -0.3 is 10.4 Å². The number of hydrogen-bond donors (Lipinski definition) is 2. The summed E-state index contributed by atoms with van der Waals surface area (Å²) < 4.78 is 0. The first-order chi connectivity index (χ1) is 11.3. The highest BCUT2D eigenvalue weighted by Crippen LogP contribution is 2.41. The van der Waals surface area contributed by atoms with E-state index in [0.29, 0.717) is 17.7 Å². The van der Waals surface area contributed by atoms with Crippen LogP contribution >= 0.6 is 0 Å². The van der Waals surface area contributed by atoms with Gasteiger partial charge in [0.1, 0.15) is 5.75 Å². The minimum atomic E-state index is 0.369. The zero-order valence-corrected chi connectivity index (χ0v) is 13.5. The molecule has 2 atom stereocenters. The molecule has 1 unspecified atom stereocenters. The van der Waals surface area contributed by atoms with Gasteiger partial charge in [-0.3, -0.25) is 0 Å². The minimum Gasteiger partial charge on any atom is -0.508 e. The van der Waals surface area contributed by atoms with Gasteiger partial charge in [-0.25, -0.2) is 0 Å². The molecule has 0 radical (unpaired) electrons. The van der Waals surface area contributed by atoms with Crippen LogP contribution in [0.25, 0.3) is 0 Å². The number of rotatable bonds is 4. The normalized spacial score (nSPS) is 30.1. The lowest BCUT2D eigenvalue weighted by Crippen LogP contribution is -2.20. The van der Waals surface area contributed by atoms with Crippen LogP contribution in [-0.4, -0.2) is 17.2 Å². The fourth-order valence-electron chi connectivity index (χ4n) is 4.27. The Labute approximate surface area is 138 Å². The molecule has 2 fully saturated rings. The highest BCUT2D eigenvalue weighted by molar-refractivity contribution is 5.28. The number of aromatic hydroxyl groups is 1. The van der Waals surface area contributed by atoms with Crippen LogP contribution in [0.15, 0.2) is 54.6 Å². The Morgan fingerprint density at radius 3 is 2.26 bits per heavy atom. The minimum absolute atomic E-state index is 0.369. The topological polar surface area (TPSA) is 42.2 Å². The molecule has 0 spiro atoms. The van der Waals surface area contributed by atoms with Gasteiger partial charge in [0.2, 0.25) is 0 Å². The summed E-state index contributed by atoms with van der Waals surface area (Å²) in [6.45, 7) is 0. The maximum absolute atomic E-state index is 9.42. The Balaban J connectivity index is 1.28. The van der Waals surface area contributed by atoms with Crippen LogP contribution in [0.1, 0.15) is 42.7 Å². The molecular weight excluding hydrogens is 282 g/mol. The van der Waals surface area contributed by atoms with Crippen LogP contribution in [0.2, 0.25) is 0 Å². The number of hydrogen-bond acceptors (Lipinski definition) is 2. The Morgan fingerprint density at radius 2 is 1.57 bits per heavy atom. The zero-order chi connectivity index (χ0) is 15.6. The molecule has 120 valence electrons. The van der Waals surface area contributed by atoms with E-state index < -0.39 is 0 Å². The molecule has 0 aromatic heterocycles. The Bertz CT molecular complexity index is 629. The Hall–Kier alpha value is -1.80. The summed E-state index contributed by atoms with van der Waals surface area (Å²) in [6.07, 6.45) is 6.39. The molecule has 2 N–H and O–H groups in total. The molecule has 4 rings (SSSR count). The van der Waals surface area contributed by atoms with Crippen LogP contribution in [0, 0.1) is 5.92 Å². The van der Waals surface area contributed by atoms with Crippen molar-refractivity contribution in [1.29, 1.82) is 0 Å². The highest BCUT2D eigenvalue weighted by atomic mass is 16.3. The number of phenols is 1. The fourth-order valence-corrected chi connectivity index (χ4v) is 4.27. The standard InChI is InChI=1S/C21H25NO/c23-19-12-10-17(11-13-19)16-6-8-18(9-7-16)21-20(22-21)14-15-4-2-1-3-5-15/h1-5,10-13,16,18,20-23H,6-9,14H2/t16?,18?,20-,21?/m0/s1. The van der Waals surface area contributed by atoms with Crippen molar-refractivity contribution in [3.8, 4) is 5.75 Å². The van der Waals surface area contributed by atoms with Crippen LogP contribution in [0.3, 0.4) is 0 Å². The molecule has 1 saturated carbocycles. The van der Waals surface area contributed by atoms with Gasteiger partial charge in [0.25, 0.3) is 0 Å².